The van der Waals surface area contributed by atoms with E-state index in [0.717, 1.165) is 0 Å². The lowest BCUT2D eigenvalue weighted by Gasteiger charge is -2.10. The molecule has 1 rings (SSSR count). The van der Waals surface area contributed by atoms with E-state index in [2.05, 4.69) is 20.1 Å². The van der Waals surface area contributed by atoms with Crippen molar-refractivity contribution in [2.24, 2.45) is 5.11 Å². The van der Waals surface area contributed by atoms with Gasteiger partial charge < -0.3 is 0 Å². The van der Waals surface area contributed by atoms with E-state index in [4.69, 9.17) is 5.53 Å². The van der Waals surface area contributed by atoms with Gasteiger partial charge in [0.1, 0.15) is 0 Å². The van der Waals surface area contributed by atoms with E-state index >= 15 is 0 Å². The lowest BCUT2D eigenvalue weighted by Crippen LogP contribution is -2.54. The molecule has 1 aromatic rings. The standard InChI is InChI=1S/C5N12O12/c6-11-10-3-8-1(4(12(18)19,13(20)21)14(22)23)7-2(9-3)5(15(24)25,16(26)27)17(28)29. The molecule has 1 aromatic heterocycles. The lowest BCUT2D eigenvalue weighted by molar-refractivity contribution is -0.989. The van der Waals surface area contributed by atoms with Gasteiger partial charge in [-0.1, -0.05) is 0 Å². The molecule has 0 N–H and O–H groups in total. The Bertz CT molecular complexity index is 870. The summed E-state index contributed by atoms with van der Waals surface area (Å²) in [6.45, 7) is 0. The molecular formula is C5N12O12. The summed E-state index contributed by atoms with van der Waals surface area (Å²) in [4.78, 5) is 63.0. The molecule has 152 valence electrons. The summed E-state index contributed by atoms with van der Waals surface area (Å²) in [5.74, 6) is -15.6. The van der Waals surface area contributed by atoms with Gasteiger partial charge in [-0.15, -0.1) is 0 Å². The van der Waals surface area contributed by atoms with Crippen molar-refractivity contribution in [3.63, 3.8) is 0 Å². The van der Waals surface area contributed by atoms with Gasteiger partial charge in [-0.2, -0.15) is 15.0 Å². The van der Waals surface area contributed by atoms with Crippen LogP contribution in [-0.2, 0) is 11.6 Å². The summed E-state index contributed by atoms with van der Waals surface area (Å²) in [5, 5.41) is 68.8. The number of nitro groups is 6. The first-order chi connectivity index (χ1) is 13.3. The average Bonchev–Trinajstić information content (AvgIpc) is 2.53. The summed E-state index contributed by atoms with van der Waals surface area (Å²) in [7, 11) is 0. The first kappa shape index (κ1) is 21.8. The zero-order chi connectivity index (χ0) is 22.7. The number of hydrogen-bond donors (Lipinski definition) is 0. The Labute approximate surface area is 151 Å². The van der Waals surface area contributed by atoms with E-state index in [1.807, 2.05) is 4.91 Å². The smallest absolute Gasteiger partial charge is 0.252 e. The van der Waals surface area contributed by atoms with Crippen molar-refractivity contribution < 1.29 is 29.5 Å². The molecule has 1 heterocycles. The van der Waals surface area contributed by atoms with Crippen molar-refractivity contribution in [3.8, 4) is 0 Å². The summed E-state index contributed by atoms with van der Waals surface area (Å²) in [6, 6.07) is 0. The Morgan fingerprint density at radius 3 is 1.14 bits per heavy atom. The van der Waals surface area contributed by atoms with Crippen LogP contribution in [0.2, 0.25) is 0 Å². The number of aromatic nitrogens is 3. The molecule has 0 fully saturated rings. The van der Waals surface area contributed by atoms with Gasteiger partial charge in [-0.05, 0) is 10.6 Å². The minimum atomic E-state index is -4.74. The number of nitrogens with zero attached hydrogens (tertiary/aromatic N) is 12. The van der Waals surface area contributed by atoms with Crippen LogP contribution in [0.5, 0.6) is 0 Å². The van der Waals surface area contributed by atoms with Crippen molar-refractivity contribution in [2.75, 3.05) is 0 Å². The van der Waals surface area contributed by atoms with Gasteiger partial charge in [-0.3, -0.25) is 60.7 Å². The fourth-order valence-electron chi connectivity index (χ4n) is 1.64. The second kappa shape index (κ2) is 7.15. The third-order valence-corrected chi connectivity index (χ3v) is 2.89. The van der Waals surface area contributed by atoms with Crippen molar-refractivity contribution >= 4 is 5.95 Å². The Morgan fingerprint density at radius 2 is 0.931 bits per heavy atom. The normalized spacial score (nSPS) is 11.0. The molecule has 0 spiro atoms. The highest BCUT2D eigenvalue weighted by molar-refractivity contribution is 5.17. The largest absolute Gasteiger partial charge is 0.763 e. The summed E-state index contributed by atoms with van der Waals surface area (Å²) >= 11 is 0. The Hall–Kier alpha value is -5.28. The monoisotopic (exact) mass is 420 g/mol. The quantitative estimate of drug-likeness (QED) is 0.112. The molecule has 0 aromatic carbocycles. The molecule has 0 atom stereocenters. The van der Waals surface area contributed by atoms with E-state index in [1.54, 1.807) is 0 Å². The predicted octanol–water partition coefficient (Wildman–Crippen LogP) is -1.31. The third-order valence-electron chi connectivity index (χ3n) is 2.89. The number of azide groups is 1. The van der Waals surface area contributed by atoms with Crippen molar-refractivity contribution in [1.82, 2.24) is 15.0 Å². The first-order valence-corrected chi connectivity index (χ1v) is 6.00. The van der Waals surface area contributed by atoms with Gasteiger partial charge in [0.15, 0.2) is 29.5 Å². The number of rotatable bonds is 9. The fraction of sp³-hybridized carbons (Fsp3) is 0.400. The van der Waals surface area contributed by atoms with E-state index < -0.39 is 58.7 Å². The van der Waals surface area contributed by atoms with Crippen LogP contribution in [0.4, 0.5) is 5.95 Å². The molecule has 24 nitrogen and oxygen atoms in total. The summed E-state index contributed by atoms with van der Waals surface area (Å²) < 4.78 is 0. The third kappa shape index (κ3) is 2.93. The summed E-state index contributed by atoms with van der Waals surface area (Å²) in [6.07, 6.45) is 0. The zero-order valence-electron chi connectivity index (χ0n) is 12.8. The molecule has 0 saturated heterocycles. The molecule has 0 radical (unpaired) electrons. The highest BCUT2D eigenvalue weighted by Gasteiger charge is 2.80. The molecule has 0 aliphatic carbocycles. The molecule has 29 heavy (non-hydrogen) atoms. The Kier molecular flexibility index (Phi) is 5.36. The van der Waals surface area contributed by atoms with Gasteiger partial charge in [0.25, 0.3) is 0 Å². The highest BCUT2D eigenvalue weighted by Crippen LogP contribution is 2.29. The van der Waals surface area contributed by atoms with E-state index in [1.165, 1.54) is 0 Å². The van der Waals surface area contributed by atoms with Crippen molar-refractivity contribution in [2.45, 2.75) is 11.6 Å². The molecule has 0 aliphatic heterocycles. The maximum absolute atomic E-state index is 11.1. The van der Waals surface area contributed by atoms with Gasteiger partial charge in [0.2, 0.25) is 5.95 Å². The predicted molar refractivity (Wildman–Crippen MR) is 74.0 cm³/mol. The van der Waals surface area contributed by atoms with Crippen LogP contribution < -0.4 is 0 Å². The summed E-state index contributed by atoms with van der Waals surface area (Å²) in [5.41, 5.74) is 8.32. The molecule has 0 saturated carbocycles. The lowest BCUT2D eigenvalue weighted by atomic mass is 10.3. The van der Waals surface area contributed by atoms with E-state index in [0.29, 0.717) is 0 Å². The van der Waals surface area contributed by atoms with Gasteiger partial charge in [-0.25, -0.2) is 0 Å². The minimum absolute atomic E-state index is 1.64. The van der Waals surface area contributed by atoms with Crippen LogP contribution in [0.3, 0.4) is 0 Å². The highest BCUT2D eigenvalue weighted by atomic mass is 16.7. The van der Waals surface area contributed by atoms with Crippen LogP contribution in [0.15, 0.2) is 5.11 Å². The Balaban J connectivity index is 4.26. The SMILES string of the molecule is [N-]=[N+]=Nc1nc(C([N+](=O)[O-])([N+](=O)[O-])[N+](=O)[O-])nc(C([N+](=O)[O-])([N+](=O)[O-])[N+](=O)[O-])n1. The molecule has 0 unspecified atom stereocenters. The zero-order valence-corrected chi connectivity index (χ0v) is 12.8. The van der Waals surface area contributed by atoms with E-state index in [9.17, 15) is 60.7 Å². The average molecular weight is 420 g/mol. The minimum Gasteiger partial charge on any atom is -0.252 e. The van der Waals surface area contributed by atoms with Crippen molar-refractivity contribution in [1.29, 1.82) is 0 Å². The van der Waals surface area contributed by atoms with E-state index in [-0.39, 0.29) is 0 Å². The van der Waals surface area contributed by atoms with Gasteiger partial charge in [0.05, 0.1) is 0 Å². The van der Waals surface area contributed by atoms with Crippen molar-refractivity contribution in [3.05, 3.63) is 82.8 Å². The van der Waals surface area contributed by atoms with Gasteiger partial charge in [0, 0.05) is 4.91 Å². The second-order valence-electron chi connectivity index (χ2n) is 4.29. The maximum atomic E-state index is 11.1. The molecule has 0 aliphatic rings. The van der Waals surface area contributed by atoms with Gasteiger partial charge >= 0.3 is 23.2 Å². The molecule has 0 amide bonds. The number of hydrogen-bond acceptors (Lipinski definition) is 16. The topological polar surface area (TPSA) is 346 Å². The molecule has 24 heteroatoms. The van der Waals surface area contributed by atoms with Crippen LogP contribution in [0.1, 0.15) is 11.6 Å². The Morgan fingerprint density at radius 1 is 0.655 bits per heavy atom. The van der Waals surface area contributed by atoms with Crippen LogP contribution in [0.25, 0.3) is 10.4 Å². The van der Waals surface area contributed by atoms with Crippen LogP contribution in [-0.4, -0.2) is 44.5 Å². The molecular weight excluding hydrogens is 420 g/mol. The fourth-order valence-corrected chi connectivity index (χ4v) is 1.64. The van der Waals surface area contributed by atoms with Crippen LogP contribution >= 0.6 is 0 Å². The second-order valence-corrected chi connectivity index (χ2v) is 4.29. The maximum Gasteiger partial charge on any atom is 0.763 e. The van der Waals surface area contributed by atoms with Crippen LogP contribution in [0, 0.1) is 60.7 Å². The molecule has 0 bridgehead atoms. The first-order valence-electron chi connectivity index (χ1n) is 6.00.